The van der Waals surface area contributed by atoms with Crippen LogP contribution >= 0.6 is 0 Å². The Hall–Kier alpha value is -2.93. The van der Waals surface area contributed by atoms with E-state index in [1.807, 2.05) is 19.9 Å². The first-order chi connectivity index (χ1) is 12.4. The zero-order valence-electron chi connectivity index (χ0n) is 14.9. The number of methoxy groups -OCH3 is 1. The first-order valence-electron chi connectivity index (χ1n) is 8.37. The maximum Gasteiger partial charge on any atom is 0.337 e. The number of fused-ring (bicyclic) bond motifs is 1. The van der Waals surface area contributed by atoms with Gasteiger partial charge in [-0.15, -0.1) is 15.0 Å². The second-order valence-electron chi connectivity index (χ2n) is 6.37. The molecule has 0 aliphatic heterocycles. The monoisotopic (exact) mass is 355 g/mol. The number of rotatable bonds is 5. The summed E-state index contributed by atoms with van der Waals surface area (Å²) in [5, 5.41) is 28.7. The molecular weight excluding hydrogens is 334 g/mol. The lowest BCUT2D eigenvalue weighted by atomic mass is 9.97. The average molecular weight is 355 g/mol. The largest absolute Gasteiger partial charge is 0.505 e. The molecule has 0 bridgehead atoms. The number of aromatic nitrogens is 3. The van der Waals surface area contributed by atoms with Gasteiger partial charge in [-0.05, 0) is 47.7 Å². The van der Waals surface area contributed by atoms with E-state index in [1.165, 1.54) is 11.9 Å². The van der Waals surface area contributed by atoms with E-state index in [4.69, 9.17) is 4.74 Å². The lowest BCUT2D eigenvalue weighted by Gasteiger charge is -2.14. The second-order valence-corrected chi connectivity index (χ2v) is 6.37. The SMILES string of the molecule is COC(=O)c1ccc2nn(-c3cc(CCO)cc(C(C)C)c3O)nc2c1. The van der Waals surface area contributed by atoms with Crippen molar-refractivity contribution >= 4 is 17.0 Å². The van der Waals surface area contributed by atoms with Crippen LogP contribution in [0.25, 0.3) is 16.7 Å². The summed E-state index contributed by atoms with van der Waals surface area (Å²) >= 11 is 0. The third-order valence-electron chi connectivity index (χ3n) is 4.22. The topological polar surface area (TPSA) is 97.5 Å². The van der Waals surface area contributed by atoms with Crippen LogP contribution in [0.2, 0.25) is 0 Å². The maximum absolute atomic E-state index is 11.7. The molecule has 0 amide bonds. The molecule has 1 heterocycles. The number of esters is 1. The fourth-order valence-corrected chi connectivity index (χ4v) is 2.83. The smallest absolute Gasteiger partial charge is 0.337 e. The summed E-state index contributed by atoms with van der Waals surface area (Å²) < 4.78 is 4.72. The first kappa shape index (κ1) is 17.9. The Bertz CT molecular complexity index is 963. The second kappa shape index (κ2) is 7.13. The van der Waals surface area contributed by atoms with Gasteiger partial charge in [0.15, 0.2) is 0 Å². The van der Waals surface area contributed by atoms with Crippen LogP contribution in [0.5, 0.6) is 5.75 Å². The summed E-state index contributed by atoms with van der Waals surface area (Å²) in [7, 11) is 1.32. The number of ether oxygens (including phenoxy) is 1. The van der Waals surface area contributed by atoms with Gasteiger partial charge in [-0.25, -0.2) is 4.79 Å². The van der Waals surface area contributed by atoms with Crippen LogP contribution in [-0.4, -0.2) is 44.9 Å². The molecule has 0 spiro atoms. The fraction of sp³-hybridized carbons (Fsp3) is 0.316. The Kier molecular flexibility index (Phi) is 4.90. The number of aromatic hydroxyl groups is 1. The van der Waals surface area contributed by atoms with Gasteiger partial charge < -0.3 is 14.9 Å². The van der Waals surface area contributed by atoms with Crippen LogP contribution in [0.3, 0.4) is 0 Å². The number of phenols is 1. The summed E-state index contributed by atoms with van der Waals surface area (Å²) in [6.45, 7) is 3.98. The minimum Gasteiger partial charge on any atom is -0.505 e. The van der Waals surface area contributed by atoms with Gasteiger partial charge in [0.05, 0.1) is 12.7 Å². The third-order valence-corrected chi connectivity index (χ3v) is 4.22. The van der Waals surface area contributed by atoms with E-state index in [9.17, 15) is 15.0 Å². The zero-order valence-corrected chi connectivity index (χ0v) is 14.9. The number of carbonyl (C=O) groups is 1. The molecule has 0 radical (unpaired) electrons. The van der Waals surface area contributed by atoms with Crippen LogP contribution in [-0.2, 0) is 11.2 Å². The summed E-state index contributed by atoms with van der Waals surface area (Å²) in [5.74, 6) is -0.241. The highest BCUT2D eigenvalue weighted by Gasteiger charge is 2.17. The standard InChI is InChI=1S/C19H21N3O4/c1-11(2)14-8-12(6-7-23)9-17(18(14)24)22-20-15-5-4-13(19(25)26-3)10-16(15)21-22/h4-5,8-11,23-24H,6-7H2,1-3H3. The van der Waals surface area contributed by atoms with Crippen molar-refractivity contribution < 1.29 is 19.7 Å². The van der Waals surface area contributed by atoms with Gasteiger partial charge >= 0.3 is 5.97 Å². The van der Waals surface area contributed by atoms with E-state index in [1.54, 1.807) is 24.3 Å². The molecule has 0 aliphatic rings. The molecule has 136 valence electrons. The highest BCUT2D eigenvalue weighted by Crippen LogP contribution is 2.33. The number of benzene rings is 2. The highest BCUT2D eigenvalue weighted by molar-refractivity contribution is 5.93. The van der Waals surface area contributed by atoms with Gasteiger partial charge in [-0.1, -0.05) is 19.9 Å². The van der Waals surface area contributed by atoms with E-state index < -0.39 is 5.97 Å². The van der Waals surface area contributed by atoms with Crippen LogP contribution in [0, 0.1) is 0 Å². The fourth-order valence-electron chi connectivity index (χ4n) is 2.83. The molecule has 3 aromatic rings. The van der Waals surface area contributed by atoms with Crippen LogP contribution in [0.4, 0.5) is 0 Å². The Labute approximate surface area is 150 Å². The van der Waals surface area contributed by atoms with Gasteiger partial charge in [-0.3, -0.25) is 0 Å². The van der Waals surface area contributed by atoms with Crippen LogP contribution < -0.4 is 0 Å². The van der Waals surface area contributed by atoms with Gasteiger partial charge in [0.1, 0.15) is 22.5 Å². The third kappa shape index (κ3) is 3.25. The van der Waals surface area contributed by atoms with Crippen molar-refractivity contribution in [2.75, 3.05) is 13.7 Å². The van der Waals surface area contributed by atoms with Crippen molar-refractivity contribution in [3.05, 3.63) is 47.0 Å². The van der Waals surface area contributed by atoms with E-state index >= 15 is 0 Å². The van der Waals surface area contributed by atoms with Crippen LogP contribution in [0.15, 0.2) is 30.3 Å². The predicted octanol–water partition coefficient (Wildman–Crippen LogP) is 2.57. The Morgan fingerprint density at radius 2 is 1.92 bits per heavy atom. The lowest BCUT2D eigenvalue weighted by molar-refractivity contribution is 0.0601. The number of nitrogens with zero attached hydrogens (tertiary/aromatic N) is 3. The average Bonchev–Trinajstić information content (AvgIpc) is 3.05. The molecule has 0 saturated heterocycles. The number of hydrogen-bond acceptors (Lipinski definition) is 6. The molecule has 2 aromatic carbocycles. The van der Waals surface area contributed by atoms with Crippen LogP contribution in [0.1, 0.15) is 41.3 Å². The molecule has 0 atom stereocenters. The van der Waals surface area contributed by atoms with Crippen molar-refractivity contribution in [3.8, 4) is 11.4 Å². The number of aliphatic hydroxyl groups is 1. The number of carbonyl (C=O) groups excluding carboxylic acids is 1. The molecule has 0 fully saturated rings. The quantitative estimate of drug-likeness (QED) is 0.683. The molecular formula is C19H21N3O4. The normalized spacial score (nSPS) is 11.3. The molecule has 0 unspecified atom stereocenters. The minimum absolute atomic E-state index is 0.0126. The highest BCUT2D eigenvalue weighted by atomic mass is 16.5. The molecule has 1 aromatic heterocycles. The first-order valence-corrected chi connectivity index (χ1v) is 8.37. The van der Waals surface area contributed by atoms with Gasteiger partial charge in [-0.2, -0.15) is 0 Å². The Morgan fingerprint density at radius 1 is 1.19 bits per heavy atom. The van der Waals surface area contributed by atoms with Crippen molar-refractivity contribution in [2.24, 2.45) is 0 Å². The van der Waals surface area contributed by atoms with Gasteiger partial charge in [0, 0.05) is 6.61 Å². The van der Waals surface area contributed by atoms with E-state index in [2.05, 4.69) is 10.2 Å². The summed E-state index contributed by atoms with van der Waals surface area (Å²) in [5.41, 5.74) is 3.59. The number of aliphatic hydroxyl groups excluding tert-OH is 1. The Morgan fingerprint density at radius 3 is 2.58 bits per heavy atom. The summed E-state index contributed by atoms with van der Waals surface area (Å²) in [6.07, 6.45) is 0.472. The molecule has 2 N–H and O–H groups in total. The van der Waals surface area contributed by atoms with Gasteiger partial charge in [0.25, 0.3) is 0 Å². The number of phenolic OH excluding ortho intramolecular Hbond substituents is 1. The number of hydrogen-bond donors (Lipinski definition) is 2. The maximum atomic E-state index is 11.7. The summed E-state index contributed by atoms with van der Waals surface area (Å²) in [4.78, 5) is 13.0. The molecule has 7 heteroatoms. The van der Waals surface area contributed by atoms with Gasteiger partial charge in [0.2, 0.25) is 0 Å². The molecule has 26 heavy (non-hydrogen) atoms. The molecule has 3 rings (SSSR count). The van der Waals surface area contributed by atoms with Crippen molar-refractivity contribution in [1.29, 1.82) is 0 Å². The molecule has 7 nitrogen and oxygen atoms in total. The van der Waals surface area contributed by atoms with Crippen molar-refractivity contribution in [2.45, 2.75) is 26.2 Å². The Balaban J connectivity index is 2.14. The van der Waals surface area contributed by atoms with Crippen molar-refractivity contribution in [3.63, 3.8) is 0 Å². The van der Waals surface area contributed by atoms with Crippen molar-refractivity contribution in [1.82, 2.24) is 15.0 Å². The summed E-state index contributed by atoms with van der Waals surface area (Å²) in [6, 6.07) is 8.55. The molecule has 0 saturated carbocycles. The zero-order chi connectivity index (χ0) is 18.8. The predicted molar refractivity (Wildman–Crippen MR) is 96.7 cm³/mol. The molecule has 0 aliphatic carbocycles. The minimum atomic E-state index is -0.448. The lowest BCUT2D eigenvalue weighted by Crippen LogP contribution is -2.04. The van der Waals surface area contributed by atoms with E-state index in [0.717, 1.165) is 11.1 Å². The van der Waals surface area contributed by atoms with E-state index in [0.29, 0.717) is 28.7 Å². The van der Waals surface area contributed by atoms with E-state index in [-0.39, 0.29) is 18.3 Å².